The zero-order valence-corrected chi connectivity index (χ0v) is 21.6. The maximum absolute atomic E-state index is 13.2. The van der Waals surface area contributed by atoms with Crippen LogP contribution in [0.4, 0.5) is 17.2 Å². The van der Waals surface area contributed by atoms with Crippen LogP contribution in [0.25, 0.3) is 15.7 Å². The van der Waals surface area contributed by atoms with Gasteiger partial charge < -0.3 is 19.9 Å². The van der Waals surface area contributed by atoms with E-state index < -0.39 is 0 Å². The molecular formula is C25H31N7O2S. The van der Waals surface area contributed by atoms with Crippen LogP contribution < -0.4 is 10.2 Å². The van der Waals surface area contributed by atoms with Gasteiger partial charge in [0.05, 0.1) is 41.1 Å². The minimum absolute atomic E-state index is 0.0196. The van der Waals surface area contributed by atoms with Crippen LogP contribution in [0, 0.1) is 5.92 Å². The Labute approximate surface area is 208 Å². The summed E-state index contributed by atoms with van der Waals surface area (Å²) in [6.45, 7) is 2.56. The second-order valence-electron chi connectivity index (χ2n) is 9.39. The van der Waals surface area contributed by atoms with Gasteiger partial charge in [0.15, 0.2) is 0 Å². The number of anilines is 3. The number of carbonyl (C=O) groups excluding carboxylic acids is 1. The number of aromatic nitrogens is 4. The number of nitrogens with one attached hydrogen (secondary N) is 1. The first-order valence-corrected chi connectivity index (χ1v) is 12.6. The van der Waals surface area contributed by atoms with Crippen LogP contribution in [-0.2, 0) is 22.4 Å². The van der Waals surface area contributed by atoms with E-state index in [1.54, 1.807) is 31.0 Å². The molecule has 0 bridgehead atoms. The van der Waals surface area contributed by atoms with E-state index in [0.717, 1.165) is 52.2 Å². The van der Waals surface area contributed by atoms with E-state index in [-0.39, 0.29) is 17.9 Å². The summed E-state index contributed by atoms with van der Waals surface area (Å²) in [5, 5.41) is 9.01. The van der Waals surface area contributed by atoms with Crippen molar-refractivity contribution in [2.24, 2.45) is 5.92 Å². The molecule has 1 aliphatic rings. The summed E-state index contributed by atoms with van der Waals surface area (Å²) in [4.78, 5) is 28.4. The zero-order valence-electron chi connectivity index (χ0n) is 20.8. The zero-order chi connectivity index (χ0) is 24.7. The molecule has 4 heterocycles. The molecule has 4 aromatic rings. The van der Waals surface area contributed by atoms with Gasteiger partial charge in [0, 0.05) is 45.2 Å². The van der Waals surface area contributed by atoms with Crippen LogP contribution in [0.2, 0.25) is 0 Å². The Morgan fingerprint density at radius 3 is 2.94 bits per heavy atom. The molecule has 5 rings (SSSR count). The van der Waals surface area contributed by atoms with Crippen molar-refractivity contribution in [1.29, 1.82) is 0 Å². The first kappa shape index (κ1) is 23.5. The first-order chi connectivity index (χ1) is 16.9. The average Bonchev–Trinajstić information content (AvgIpc) is 3.46. The predicted octanol–water partition coefficient (Wildman–Crippen LogP) is 3.75. The van der Waals surface area contributed by atoms with Crippen molar-refractivity contribution in [2.75, 3.05) is 45.1 Å². The van der Waals surface area contributed by atoms with Crippen LogP contribution in [0.15, 0.2) is 30.9 Å². The number of ether oxygens (including phenoxy) is 1. The maximum atomic E-state index is 13.2. The Kier molecular flexibility index (Phi) is 6.33. The third-order valence-corrected chi connectivity index (χ3v) is 8.02. The van der Waals surface area contributed by atoms with Gasteiger partial charge in [0.25, 0.3) is 0 Å². The number of amides is 1. The van der Waals surface area contributed by atoms with Crippen molar-refractivity contribution in [3.63, 3.8) is 0 Å². The van der Waals surface area contributed by atoms with Crippen molar-refractivity contribution in [2.45, 2.75) is 32.2 Å². The Balaban J connectivity index is 1.47. The smallest absolute Gasteiger partial charge is 0.226 e. The monoisotopic (exact) mass is 493 g/mol. The summed E-state index contributed by atoms with van der Waals surface area (Å²) in [6, 6.07) is 4.12. The fourth-order valence-corrected chi connectivity index (χ4v) is 6.08. The highest BCUT2D eigenvalue weighted by Crippen LogP contribution is 2.41. The highest BCUT2D eigenvalue weighted by Gasteiger charge is 2.32. The number of pyridine rings is 1. The lowest BCUT2D eigenvalue weighted by atomic mass is 9.86. The van der Waals surface area contributed by atoms with Crippen molar-refractivity contribution >= 4 is 50.2 Å². The number of aryl methyl sites for hydroxylation is 1. The van der Waals surface area contributed by atoms with Gasteiger partial charge in [0.2, 0.25) is 5.91 Å². The molecule has 35 heavy (non-hydrogen) atoms. The number of thiophene rings is 1. The number of fused-ring (bicyclic) bond motifs is 4. The number of rotatable bonds is 7. The molecule has 0 fully saturated rings. The van der Waals surface area contributed by atoms with Crippen LogP contribution in [-0.4, -0.2) is 71.3 Å². The molecule has 0 aliphatic heterocycles. The van der Waals surface area contributed by atoms with E-state index >= 15 is 0 Å². The minimum atomic E-state index is -0.0196. The highest BCUT2D eigenvalue weighted by atomic mass is 32.1. The molecular weight excluding hydrogens is 462 g/mol. The number of likely N-dealkylation sites (N-methyl/N-ethyl adjacent to an activating group) is 1. The molecule has 9 nitrogen and oxygen atoms in total. The lowest BCUT2D eigenvalue weighted by Gasteiger charge is -2.30. The molecule has 0 spiro atoms. The lowest BCUT2D eigenvalue weighted by molar-refractivity contribution is -0.137. The Hall–Kier alpha value is -3.24. The molecule has 1 aliphatic carbocycles. The van der Waals surface area contributed by atoms with Gasteiger partial charge in [0.1, 0.15) is 17.0 Å². The summed E-state index contributed by atoms with van der Waals surface area (Å²) in [5.41, 5.74) is 4.24. The topological polar surface area (TPSA) is 87.9 Å². The summed E-state index contributed by atoms with van der Waals surface area (Å²) in [6.07, 6.45) is 7.81. The number of hydrogen-bond donors (Lipinski definition) is 1. The fourth-order valence-electron chi connectivity index (χ4n) is 4.81. The standard InChI is InChI=1S/C25H31N7O2S/c1-15(13-34-5)31(4)25(33)16-6-7-18-21(10-16)35-24-22(18)23(26-14-27-24)29-19-11-17-8-9-28-32(17)12-20(19)30(2)3/h8-9,11-12,14-16H,6-7,10,13H2,1-5H3,(H,26,27,29)/t15-,16+/m1/s1. The van der Waals surface area contributed by atoms with E-state index in [1.165, 1.54) is 10.4 Å². The fraction of sp³-hybridized carbons (Fsp3) is 0.440. The molecule has 1 N–H and O–H groups in total. The Morgan fingerprint density at radius 2 is 2.17 bits per heavy atom. The second-order valence-corrected chi connectivity index (χ2v) is 10.5. The van der Waals surface area contributed by atoms with Crippen LogP contribution in [0.3, 0.4) is 0 Å². The molecule has 4 aromatic heterocycles. The summed E-state index contributed by atoms with van der Waals surface area (Å²) >= 11 is 1.68. The first-order valence-electron chi connectivity index (χ1n) is 11.8. The van der Waals surface area contributed by atoms with E-state index in [1.807, 2.05) is 49.7 Å². The summed E-state index contributed by atoms with van der Waals surface area (Å²) in [5.74, 6) is 0.968. The van der Waals surface area contributed by atoms with Gasteiger partial charge in [-0.25, -0.2) is 14.5 Å². The largest absolute Gasteiger partial charge is 0.383 e. The maximum Gasteiger partial charge on any atom is 0.226 e. The van der Waals surface area contributed by atoms with Crippen molar-refractivity contribution < 1.29 is 9.53 Å². The van der Waals surface area contributed by atoms with Crippen LogP contribution >= 0.6 is 11.3 Å². The van der Waals surface area contributed by atoms with E-state index in [9.17, 15) is 4.79 Å². The molecule has 0 unspecified atom stereocenters. The molecule has 10 heteroatoms. The summed E-state index contributed by atoms with van der Waals surface area (Å²) < 4.78 is 7.11. The van der Waals surface area contributed by atoms with E-state index in [4.69, 9.17) is 4.74 Å². The lowest BCUT2D eigenvalue weighted by Crippen LogP contribution is -2.42. The van der Waals surface area contributed by atoms with Crippen LogP contribution in [0.1, 0.15) is 23.8 Å². The van der Waals surface area contributed by atoms with Crippen molar-refractivity contribution in [1.82, 2.24) is 24.5 Å². The molecule has 2 atom stereocenters. The Morgan fingerprint density at radius 1 is 1.34 bits per heavy atom. The SMILES string of the molecule is COC[C@@H](C)N(C)C(=O)[C@H]1CCc2c(sc3ncnc(Nc4cc5ccnn5cc4N(C)C)c23)C1. The van der Waals surface area contributed by atoms with Gasteiger partial charge in [-0.15, -0.1) is 11.3 Å². The number of carbonyl (C=O) groups is 1. The van der Waals surface area contributed by atoms with Gasteiger partial charge >= 0.3 is 0 Å². The minimum Gasteiger partial charge on any atom is -0.383 e. The number of hydrogen-bond acceptors (Lipinski definition) is 8. The summed E-state index contributed by atoms with van der Waals surface area (Å²) in [7, 11) is 7.57. The molecule has 0 radical (unpaired) electrons. The predicted molar refractivity (Wildman–Crippen MR) is 140 cm³/mol. The van der Waals surface area contributed by atoms with Gasteiger partial charge in [-0.1, -0.05) is 0 Å². The highest BCUT2D eigenvalue weighted by molar-refractivity contribution is 7.19. The third kappa shape index (κ3) is 4.32. The molecule has 0 saturated carbocycles. The molecule has 0 aromatic carbocycles. The van der Waals surface area contributed by atoms with Gasteiger partial charge in [-0.2, -0.15) is 5.10 Å². The van der Waals surface area contributed by atoms with Crippen molar-refractivity contribution in [3.05, 3.63) is 41.3 Å². The van der Waals surface area contributed by atoms with Gasteiger partial charge in [-0.3, -0.25) is 4.79 Å². The number of nitrogens with zero attached hydrogens (tertiary/aromatic N) is 6. The van der Waals surface area contributed by atoms with Gasteiger partial charge in [-0.05, 0) is 43.9 Å². The van der Waals surface area contributed by atoms with Crippen molar-refractivity contribution in [3.8, 4) is 0 Å². The normalized spacial score (nSPS) is 16.3. The Bertz CT molecular complexity index is 1380. The van der Waals surface area contributed by atoms with E-state index in [0.29, 0.717) is 6.61 Å². The van der Waals surface area contributed by atoms with Crippen LogP contribution in [0.5, 0.6) is 0 Å². The quantitative estimate of drug-likeness (QED) is 0.420. The average molecular weight is 494 g/mol. The second kappa shape index (κ2) is 9.43. The molecule has 0 saturated heterocycles. The molecule has 1 amide bonds. The third-order valence-electron chi connectivity index (χ3n) is 6.86. The molecule has 184 valence electrons. The number of methoxy groups -OCH3 is 1. The van der Waals surface area contributed by atoms with E-state index in [2.05, 4.69) is 31.3 Å².